The van der Waals surface area contributed by atoms with E-state index in [1.54, 1.807) is 0 Å². The Bertz CT molecular complexity index is 456. The van der Waals surface area contributed by atoms with Crippen molar-refractivity contribution in [1.82, 2.24) is 10.2 Å². The maximum atomic E-state index is 12.2. The number of hydrogen-bond donors (Lipinski definition) is 1. The summed E-state index contributed by atoms with van der Waals surface area (Å²) >= 11 is 0. The van der Waals surface area contributed by atoms with Crippen LogP contribution in [0.1, 0.15) is 31.2 Å². The molecule has 3 rings (SSSR count). The second kappa shape index (κ2) is 6.94. The predicted octanol–water partition coefficient (Wildman–Crippen LogP) is 1.98. The molecule has 0 aromatic heterocycles. The second-order valence-electron chi connectivity index (χ2n) is 5.98. The van der Waals surface area contributed by atoms with Crippen LogP contribution in [0, 0.1) is 0 Å². The zero-order valence-corrected chi connectivity index (χ0v) is 12.5. The third-order valence-electron chi connectivity index (χ3n) is 4.32. The zero-order valence-electron chi connectivity index (χ0n) is 12.5. The minimum atomic E-state index is 0.152. The molecule has 2 heterocycles. The third-order valence-corrected chi connectivity index (χ3v) is 4.32. The van der Waals surface area contributed by atoms with E-state index in [1.807, 2.05) is 23.1 Å². The van der Waals surface area contributed by atoms with Crippen LogP contribution in [0.5, 0.6) is 5.75 Å². The fourth-order valence-electron chi connectivity index (χ4n) is 3.14. The van der Waals surface area contributed by atoms with Gasteiger partial charge in [-0.3, -0.25) is 4.79 Å². The molecule has 1 fully saturated rings. The highest BCUT2D eigenvalue weighted by atomic mass is 16.5. The third kappa shape index (κ3) is 3.76. The lowest BCUT2D eigenvalue weighted by atomic mass is 10.1. The van der Waals surface area contributed by atoms with Gasteiger partial charge in [-0.15, -0.1) is 0 Å². The van der Waals surface area contributed by atoms with Crippen LogP contribution < -0.4 is 10.1 Å². The summed E-state index contributed by atoms with van der Waals surface area (Å²) in [6.45, 7) is 3.00. The topological polar surface area (TPSA) is 41.6 Å². The van der Waals surface area contributed by atoms with Crippen LogP contribution in [-0.2, 0) is 11.2 Å². The Morgan fingerprint density at radius 3 is 2.71 bits per heavy atom. The molecule has 0 aliphatic carbocycles. The number of rotatable bonds is 4. The van der Waals surface area contributed by atoms with E-state index in [2.05, 4.69) is 11.4 Å². The van der Waals surface area contributed by atoms with Crippen molar-refractivity contribution < 1.29 is 9.53 Å². The molecule has 1 aromatic rings. The van der Waals surface area contributed by atoms with Crippen LogP contribution in [0.3, 0.4) is 0 Å². The predicted molar refractivity (Wildman–Crippen MR) is 82.5 cm³/mol. The molecule has 114 valence electrons. The molecule has 0 spiro atoms. The van der Waals surface area contributed by atoms with Crippen molar-refractivity contribution in [1.29, 1.82) is 0 Å². The number of nitrogens with zero attached hydrogens (tertiary/aromatic N) is 1. The van der Waals surface area contributed by atoms with Gasteiger partial charge in [-0.1, -0.05) is 31.0 Å². The van der Waals surface area contributed by atoms with E-state index < -0.39 is 0 Å². The molecule has 0 saturated carbocycles. The van der Waals surface area contributed by atoms with Gasteiger partial charge in [-0.2, -0.15) is 0 Å². The first kappa shape index (κ1) is 14.4. The van der Waals surface area contributed by atoms with Crippen LogP contribution in [0.25, 0.3) is 0 Å². The van der Waals surface area contributed by atoms with Gasteiger partial charge in [0.2, 0.25) is 5.91 Å². The van der Waals surface area contributed by atoms with E-state index in [9.17, 15) is 4.79 Å². The van der Waals surface area contributed by atoms with Gasteiger partial charge in [0.15, 0.2) is 0 Å². The summed E-state index contributed by atoms with van der Waals surface area (Å²) in [6, 6.07) is 8.16. The van der Waals surface area contributed by atoms with Crippen molar-refractivity contribution in [2.24, 2.45) is 0 Å². The van der Waals surface area contributed by atoms with Gasteiger partial charge < -0.3 is 15.0 Å². The van der Waals surface area contributed by atoms with Crippen molar-refractivity contribution in [2.75, 3.05) is 26.2 Å². The maximum Gasteiger partial charge on any atom is 0.236 e. The molecular formula is C17H24N2O2. The van der Waals surface area contributed by atoms with Crippen LogP contribution in [-0.4, -0.2) is 43.1 Å². The monoisotopic (exact) mass is 288 g/mol. The van der Waals surface area contributed by atoms with E-state index in [1.165, 1.54) is 18.4 Å². The lowest BCUT2D eigenvalue weighted by Crippen LogP contribution is -2.41. The minimum Gasteiger partial charge on any atom is -0.488 e. The van der Waals surface area contributed by atoms with Crippen molar-refractivity contribution in [2.45, 2.75) is 38.2 Å². The molecule has 0 radical (unpaired) electrons. The Morgan fingerprint density at radius 1 is 1.19 bits per heavy atom. The molecular weight excluding hydrogens is 264 g/mol. The van der Waals surface area contributed by atoms with E-state index >= 15 is 0 Å². The zero-order chi connectivity index (χ0) is 14.5. The number of nitrogens with one attached hydrogen (secondary N) is 1. The summed E-state index contributed by atoms with van der Waals surface area (Å²) in [6.07, 6.45) is 5.89. The first-order chi connectivity index (χ1) is 10.3. The van der Waals surface area contributed by atoms with Crippen molar-refractivity contribution in [3.8, 4) is 5.75 Å². The quantitative estimate of drug-likeness (QED) is 0.921. The molecule has 0 bridgehead atoms. The fraction of sp³-hybridized carbons (Fsp3) is 0.588. The number of hydrogen-bond acceptors (Lipinski definition) is 3. The summed E-state index contributed by atoms with van der Waals surface area (Å²) in [5.41, 5.74) is 1.27. The van der Waals surface area contributed by atoms with Crippen LogP contribution in [0.4, 0.5) is 0 Å². The molecule has 4 heteroatoms. The van der Waals surface area contributed by atoms with Gasteiger partial charge in [0, 0.05) is 26.1 Å². The molecule has 1 unspecified atom stereocenters. The molecule has 1 amide bonds. The van der Waals surface area contributed by atoms with Crippen molar-refractivity contribution in [3.63, 3.8) is 0 Å². The number of benzene rings is 1. The fourth-order valence-corrected chi connectivity index (χ4v) is 3.14. The summed E-state index contributed by atoms with van der Waals surface area (Å²) in [4.78, 5) is 14.2. The minimum absolute atomic E-state index is 0.152. The molecule has 1 N–H and O–H groups in total. The molecule has 1 aromatic carbocycles. The summed E-state index contributed by atoms with van der Waals surface area (Å²) in [5, 5.41) is 3.26. The number of likely N-dealkylation sites (tertiary alicyclic amines) is 1. The van der Waals surface area contributed by atoms with E-state index in [4.69, 9.17) is 4.74 Å². The van der Waals surface area contributed by atoms with Crippen LogP contribution in [0.2, 0.25) is 0 Å². The Morgan fingerprint density at radius 2 is 1.95 bits per heavy atom. The van der Waals surface area contributed by atoms with Crippen LogP contribution >= 0.6 is 0 Å². The standard InChI is InChI=1S/C17H24N2O2/c20-17(19-9-5-1-2-6-10-19)13-18-12-15-11-14-7-3-4-8-16(14)21-15/h3-4,7-8,15,18H,1-2,5-6,9-13H2. The number of fused-ring (bicyclic) bond motifs is 1. The number of amides is 1. The summed E-state index contributed by atoms with van der Waals surface area (Å²) in [5.74, 6) is 1.22. The Kier molecular flexibility index (Phi) is 4.76. The number of ether oxygens (including phenoxy) is 1. The molecule has 2 aliphatic heterocycles. The van der Waals surface area contributed by atoms with E-state index in [0.29, 0.717) is 6.54 Å². The first-order valence-electron chi connectivity index (χ1n) is 8.06. The van der Waals surface area contributed by atoms with Crippen molar-refractivity contribution >= 4 is 5.91 Å². The van der Waals surface area contributed by atoms with Crippen molar-refractivity contribution in [3.05, 3.63) is 29.8 Å². The van der Waals surface area contributed by atoms with E-state index in [-0.39, 0.29) is 12.0 Å². The van der Waals surface area contributed by atoms with Gasteiger partial charge in [0.25, 0.3) is 0 Å². The SMILES string of the molecule is O=C(CNCC1Cc2ccccc2O1)N1CCCCCC1. The van der Waals surface area contributed by atoms with Gasteiger partial charge in [-0.05, 0) is 24.5 Å². The first-order valence-corrected chi connectivity index (χ1v) is 8.06. The number of carbonyl (C=O) groups is 1. The molecule has 1 saturated heterocycles. The highest BCUT2D eigenvalue weighted by Crippen LogP contribution is 2.27. The highest BCUT2D eigenvalue weighted by molar-refractivity contribution is 5.78. The molecule has 21 heavy (non-hydrogen) atoms. The van der Waals surface area contributed by atoms with Gasteiger partial charge in [0.1, 0.15) is 11.9 Å². The largest absolute Gasteiger partial charge is 0.488 e. The molecule has 4 nitrogen and oxygen atoms in total. The van der Waals surface area contributed by atoms with Gasteiger partial charge in [0.05, 0.1) is 6.54 Å². The average Bonchev–Trinajstić information content (AvgIpc) is 2.71. The lowest BCUT2D eigenvalue weighted by Gasteiger charge is -2.21. The van der Waals surface area contributed by atoms with Gasteiger partial charge >= 0.3 is 0 Å². The normalized spacial score (nSPS) is 21.5. The Hall–Kier alpha value is -1.55. The second-order valence-corrected chi connectivity index (χ2v) is 5.98. The number of carbonyl (C=O) groups excluding carboxylic acids is 1. The van der Waals surface area contributed by atoms with Crippen LogP contribution in [0.15, 0.2) is 24.3 Å². The Balaban J connectivity index is 1.39. The molecule has 1 atom stereocenters. The summed E-state index contributed by atoms with van der Waals surface area (Å²) < 4.78 is 5.87. The Labute approximate surface area is 126 Å². The summed E-state index contributed by atoms with van der Waals surface area (Å²) in [7, 11) is 0. The maximum absolute atomic E-state index is 12.2. The van der Waals surface area contributed by atoms with Gasteiger partial charge in [-0.25, -0.2) is 0 Å². The van der Waals surface area contributed by atoms with E-state index in [0.717, 1.165) is 44.6 Å². The smallest absolute Gasteiger partial charge is 0.236 e. The number of para-hydroxylation sites is 1. The average molecular weight is 288 g/mol. The lowest BCUT2D eigenvalue weighted by molar-refractivity contribution is -0.130. The molecule has 2 aliphatic rings. The highest BCUT2D eigenvalue weighted by Gasteiger charge is 2.22.